The smallest absolute Gasteiger partial charge is 0.233 e. The SMILES string of the molecule is N/C(=N/O)c1ccnc(OCCC2CC2)c1Cl. The number of halogens is 1. The van der Waals surface area contributed by atoms with Crippen molar-refractivity contribution in [1.82, 2.24) is 4.98 Å². The van der Waals surface area contributed by atoms with Gasteiger partial charge in [-0.15, -0.1) is 0 Å². The number of aromatic nitrogens is 1. The maximum absolute atomic E-state index is 8.60. The first-order chi connectivity index (χ1) is 8.22. The fraction of sp³-hybridized carbons (Fsp3) is 0.455. The van der Waals surface area contributed by atoms with Gasteiger partial charge < -0.3 is 15.7 Å². The Morgan fingerprint density at radius 3 is 3.06 bits per heavy atom. The molecule has 1 heterocycles. The Morgan fingerprint density at radius 2 is 2.41 bits per heavy atom. The van der Waals surface area contributed by atoms with Gasteiger partial charge in [0.15, 0.2) is 5.84 Å². The number of amidine groups is 1. The number of hydrogen-bond donors (Lipinski definition) is 2. The molecular weight excluding hydrogens is 242 g/mol. The van der Waals surface area contributed by atoms with Crippen molar-refractivity contribution in [3.05, 3.63) is 22.8 Å². The second-order valence-electron chi connectivity index (χ2n) is 4.04. The summed E-state index contributed by atoms with van der Waals surface area (Å²) in [7, 11) is 0. The average Bonchev–Trinajstić information content (AvgIpc) is 3.14. The largest absolute Gasteiger partial charge is 0.477 e. The van der Waals surface area contributed by atoms with Gasteiger partial charge in [0, 0.05) is 11.8 Å². The van der Waals surface area contributed by atoms with E-state index in [1.165, 1.54) is 19.0 Å². The summed E-state index contributed by atoms with van der Waals surface area (Å²) in [5, 5.41) is 11.8. The second kappa shape index (κ2) is 5.23. The topological polar surface area (TPSA) is 80.7 Å². The number of nitrogens with two attached hydrogens (primary N) is 1. The zero-order chi connectivity index (χ0) is 12.3. The lowest BCUT2D eigenvalue weighted by atomic mass is 10.2. The van der Waals surface area contributed by atoms with Crippen LogP contribution < -0.4 is 10.5 Å². The molecule has 6 heteroatoms. The molecular formula is C11H14ClN3O2. The first kappa shape index (κ1) is 12.0. The van der Waals surface area contributed by atoms with E-state index < -0.39 is 0 Å². The molecule has 17 heavy (non-hydrogen) atoms. The minimum atomic E-state index is -0.0514. The van der Waals surface area contributed by atoms with Crippen LogP contribution in [0.25, 0.3) is 0 Å². The van der Waals surface area contributed by atoms with Crippen molar-refractivity contribution in [2.75, 3.05) is 6.61 Å². The van der Waals surface area contributed by atoms with Crippen LogP contribution in [-0.4, -0.2) is 22.6 Å². The summed E-state index contributed by atoms with van der Waals surface area (Å²) in [4.78, 5) is 4.03. The molecule has 3 N–H and O–H groups in total. The molecule has 0 saturated heterocycles. The molecule has 1 aromatic heterocycles. The Bertz CT molecular complexity index is 433. The third-order valence-corrected chi connectivity index (χ3v) is 3.07. The van der Waals surface area contributed by atoms with E-state index >= 15 is 0 Å². The normalized spacial score (nSPS) is 15.9. The van der Waals surface area contributed by atoms with E-state index in [1.54, 1.807) is 6.07 Å². The summed E-state index contributed by atoms with van der Waals surface area (Å²) in [6.07, 6.45) is 5.11. The van der Waals surface area contributed by atoms with Crippen molar-refractivity contribution < 1.29 is 9.94 Å². The molecule has 0 atom stereocenters. The maximum atomic E-state index is 8.60. The van der Waals surface area contributed by atoms with Crippen LogP contribution in [-0.2, 0) is 0 Å². The number of rotatable bonds is 5. The van der Waals surface area contributed by atoms with Gasteiger partial charge in [0.05, 0.1) is 6.61 Å². The van der Waals surface area contributed by atoms with Crippen molar-refractivity contribution in [3.8, 4) is 5.88 Å². The Hall–Kier alpha value is -1.49. The van der Waals surface area contributed by atoms with Gasteiger partial charge >= 0.3 is 0 Å². The van der Waals surface area contributed by atoms with Crippen molar-refractivity contribution in [2.45, 2.75) is 19.3 Å². The molecule has 0 aliphatic heterocycles. The molecule has 2 rings (SSSR count). The van der Waals surface area contributed by atoms with E-state index in [0.717, 1.165) is 12.3 Å². The third kappa shape index (κ3) is 3.00. The van der Waals surface area contributed by atoms with E-state index in [-0.39, 0.29) is 10.9 Å². The molecule has 1 aliphatic carbocycles. The molecule has 0 aromatic carbocycles. The van der Waals surface area contributed by atoms with E-state index in [0.29, 0.717) is 18.1 Å². The van der Waals surface area contributed by atoms with Gasteiger partial charge in [-0.05, 0) is 18.4 Å². The molecule has 1 aromatic rings. The van der Waals surface area contributed by atoms with Crippen molar-refractivity contribution in [1.29, 1.82) is 0 Å². The number of oxime groups is 1. The summed E-state index contributed by atoms with van der Waals surface area (Å²) in [6.45, 7) is 0.594. The molecule has 0 radical (unpaired) electrons. The van der Waals surface area contributed by atoms with Crippen LogP contribution in [0.5, 0.6) is 5.88 Å². The van der Waals surface area contributed by atoms with Crippen LogP contribution in [0.2, 0.25) is 5.02 Å². The minimum absolute atomic E-state index is 0.0514. The summed E-state index contributed by atoms with van der Waals surface area (Å²) >= 11 is 6.05. The number of ether oxygens (including phenoxy) is 1. The predicted octanol–water partition coefficient (Wildman–Crippen LogP) is 2.01. The average molecular weight is 256 g/mol. The van der Waals surface area contributed by atoms with Gasteiger partial charge in [-0.3, -0.25) is 0 Å². The molecule has 0 amide bonds. The van der Waals surface area contributed by atoms with Crippen molar-refractivity contribution >= 4 is 17.4 Å². The van der Waals surface area contributed by atoms with Crippen molar-refractivity contribution in [3.63, 3.8) is 0 Å². The van der Waals surface area contributed by atoms with Crippen LogP contribution >= 0.6 is 11.6 Å². The Balaban J connectivity index is 2.05. The maximum Gasteiger partial charge on any atom is 0.233 e. The summed E-state index contributed by atoms with van der Waals surface area (Å²) in [6, 6.07) is 1.57. The van der Waals surface area contributed by atoms with Crippen LogP contribution in [0.3, 0.4) is 0 Å². The van der Waals surface area contributed by atoms with Crippen LogP contribution in [0.15, 0.2) is 17.4 Å². The second-order valence-corrected chi connectivity index (χ2v) is 4.42. The highest BCUT2D eigenvalue weighted by molar-refractivity contribution is 6.35. The molecule has 0 spiro atoms. The fourth-order valence-corrected chi connectivity index (χ4v) is 1.77. The highest BCUT2D eigenvalue weighted by Crippen LogP contribution is 2.33. The number of hydrogen-bond acceptors (Lipinski definition) is 4. The molecule has 1 fully saturated rings. The first-order valence-corrected chi connectivity index (χ1v) is 5.85. The zero-order valence-corrected chi connectivity index (χ0v) is 10.0. The van der Waals surface area contributed by atoms with Gasteiger partial charge in [-0.2, -0.15) is 0 Å². The molecule has 1 saturated carbocycles. The summed E-state index contributed by atoms with van der Waals surface area (Å²) in [5.74, 6) is 1.07. The number of pyridine rings is 1. The van der Waals surface area contributed by atoms with Gasteiger partial charge in [-0.1, -0.05) is 29.6 Å². The van der Waals surface area contributed by atoms with Crippen LogP contribution in [0.4, 0.5) is 0 Å². The molecule has 92 valence electrons. The Labute approximate surface area is 104 Å². The summed E-state index contributed by atoms with van der Waals surface area (Å²) in [5.41, 5.74) is 5.90. The van der Waals surface area contributed by atoms with Crippen molar-refractivity contribution in [2.24, 2.45) is 16.8 Å². The standard InChI is InChI=1S/C11H14ClN3O2/c12-9-8(10(13)15-16)3-5-14-11(9)17-6-4-7-1-2-7/h3,5,7,16H,1-2,4,6H2,(H2,13,15). The molecule has 1 aliphatic rings. The van der Waals surface area contributed by atoms with E-state index in [1.807, 2.05) is 0 Å². The van der Waals surface area contributed by atoms with Crippen LogP contribution in [0, 0.1) is 5.92 Å². The quantitative estimate of drug-likeness (QED) is 0.365. The Kier molecular flexibility index (Phi) is 3.68. The van der Waals surface area contributed by atoms with E-state index in [4.69, 9.17) is 27.3 Å². The molecule has 5 nitrogen and oxygen atoms in total. The zero-order valence-electron chi connectivity index (χ0n) is 9.27. The highest BCUT2D eigenvalue weighted by Gasteiger charge is 2.21. The number of nitrogens with zero attached hydrogens (tertiary/aromatic N) is 2. The van der Waals surface area contributed by atoms with Crippen LogP contribution in [0.1, 0.15) is 24.8 Å². The van der Waals surface area contributed by atoms with Gasteiger partial charge in [-0.25, -0.2) is 4.98 Å². The molecule has 0 unspecified atom stereocenters. The fourth-order valence-electron chi connectivity index (χ4n) is 1.51. The van der Waals surface area contributed by atoms with Gasteiger partial charge in [0.25, 0.3) is 0 Å². The minimum Gasteiger partial charge on any atom is -0.477 e. The monoisotopic (exact) mass is 255 g/mol. The van der Waals surface area contributed by atoms with E-state index in [9.17, 15) is 0 Å². The first-order valence-electron chi connectivity index (χ1n) is 5.47. The lowest BCUT2D eigenvalue weighted by molar-refractivity contribution is 0.291. The van der Waals surface area contributed by atoms with Gasteiger partial charge in [0.1, 0.15) is 5.02 Å². The Morgan fingerprint density at radius 1 is 1.65 bits per heavy atom. The van der Waals surface area contributed by atoms with E-state index in [2.05, 4.69) is 10.1 Å². The predicted molar refractivity (Wildman–Crippen MR) is 64.6 cm³/mol. The lowest BCUT2D eigenvalue weighted by Crippen LogP contribution is -2.14. The molecule has 0 bridgehead atoms. The summed E-state index contributed by atoms with van der Waals surface area (Å²) < 4.78 is 5.49. The van der Waals surface area contributed by atoms with Gasteiger partial charge in [0.2, 0.25) is 5.88 Å². The third-order valence-electron chi connectivity index (χ3n) is 2.70. The highest BCUT2D eigenvalue weighted by atomic mass is 35.5. The lowest BCUT2D eigenvalue weighted by Gasteiger charge is -2.08.